The van der Waals surface area contributed by atoms with Crippen LogP contribution in [0.4, 0.5) is 9.52 Å². The number of thiazole rings is 1. The third kappa shape index (κ3) is 4.99. The number of aromatic nitrogens is 1. The Hall–Kier alpha value is -1.50. The summed E-state index contributed by atoms with van der Waals surface area (Å²) in [6, 6.07) is 6.09. The second-order valence-corrected chi connectivity index (χ2v) is 6.64. The van der Waals surface area contributed by atoms with Gasteiger partial charge in [-0.3, -0.25) is 4.79 Å². The van der Waals surface area contributed by atoms with Crippen LogP contribution in [0.1, 0.15) is 30.0 Å². The van der Waals surface area contributed by atoms with Gasteiger partial charge in [-0.15, -0.1) is 23.7 Å². The number of anilines is 1. The SMILES string of the molecule is Cc1nc(NC(=O)[C@@H](N)C(C)C)sc1Cc1ccccc1F.Cl. The van der Waals surface area contributed by atoms with Crippen LogP contribution in [0.2, 0.25) is 0 Å². The van der Waals surface area contributed by atoms with Crippen LogP contribution in [0, 0.1) is 18.7 Å². The third-order valence-electron chi connectivity index (χ3n) is 3.45. The molecule has 7 heteroatoms. The Kier molecular flexibility index (Phi) is 7.12. The first-order chi connectivity index (χ1) is 10.4. The molecule has 1 aromatic heterocycles. The molecular weight excluding hydrogens is 337 g/mol. The van der Waals surface area contributed by atoms with Crippen LogP contribution in [0.25, 0.3) is 0 Å². The highest BCUT2D eigenvalue weighted by Gasteiger charge is 2.19. The van der Waals surface area contributed by atoms with E-state index in [0.29, 0.717) is 17.1 Å². The van der Waals surface area contributed by atoms with Crippen LogP contribution in [0.15, 0.2) is 24.3 Å². The molecule has 3 N–H and O–H groups in total. The molecular formula is C16H21ClFN3OS. The summed E-state index contributed by atoms with van der Waals surface area (Å²) in [7, 11) is 0. The van der Waals surface area contributed by atoms with Crippen molar-refractivity contribution in [2.24, 2.45) is 11.7 Å². The number of rotatable bonds is 5. The summed E-state index contributed by atoms with van der Waals surface area (Å²) in [5, 5.41) is 3.24. The summed E-state index contributed by atoms with van der Waals surface area (Å²) < 4.78 is 13.7. The number of nitrogens with two attached hydrogens (primary N) is 1. The molecule has 1 heterocycles. The summed E-state index contributed by atoms with van der Waals surface area (Å²) in [5.74, 6) is -0.428. The van der Waals surface area contributed by atoms with Crippen LogP contribution in [-0.2, 0) is 11.2 Å². The molecule has 1 atom stereocenters. The molecule has 126 valence electrons. The van der Waals surface area contributed by atoms with E-state index in [0.717, 1.165) is 10.6 Å². The monoisotopic (exact) mass is 357 g/mol. The Balaban J connectivity index is 0.00000264. The van der Waals surface area contributed by atoms with E-state index in [-0.39, 0.29) is 30.0 Å². The molecule has 0 radical (unpaired) electrons. The van der Waals surface area contributed by atoms with Crippen molar-refractivity contribution in [2.45, 2.75) is 33.2 Å². The van der Waals surface area contributed by atoms with Gasteiger partial charge in [0.1, 0.15) is 5.82 Å². The molecule has 0 fully saturated rings. The number of halogens is 2. The fourth-order valence-electron chi connectivity index (χ4n) is 1.95. The minimum Gasteiger partial charge on any atom is -0.320 e. The standard InChI is InChI=1S/C16H20FN3OS.ClH/c1-9(2)14(18)15(21)20-16-19-10(3)13(22-16)8-11-6-4-5-7-12(11)17;/h4-7,9,14H,8,18H2,1-3H3,(H,19,20,21);1H/t14-;/m0./s1. The van der Waals surface area contributed by atoms with Crippen molar-refractivity contribution in [1.82, 2.24) is 4.98 Å². The molecule has 0 bridgehead atoms. The van der Waals surface area contributed by atoms with Gasteiger partial charge in [-0.1, -0.05) is 32.0 Å². The Morgan fingerprint density at radius 2 is 2.04 bits per heavy atom. The summed E-state index contributed by atoms with van der Waals surface area (Å²) in [6.45, 7) is 5.63. The van der Waals surface area contributed by atoms with Gasteiger partial charge in [0, 0.05) is 11.3 Å². The highest BCUT2D eigenvalue weighted by molar-refractivity contribution is 7.15. The zero-order valence-corrected chi connectivity index (χ0v) is 14.9. The van der Waals surface area contributed by atoms with Gasteiger partial charge in [0.15, 0.2) is 5.13 Å². The Bertz CT molecular complexity index is 675. The number of aryl methyl sites for hydroxylation is 1. The molecule has 0 aliphatic heterocycles. The van der Waals surface area contributed by atoms with Crippen molar-refractivity contribution >= 4 is 34.8 Å². The van der Waals surface area contributed by atoms with Crippen LogP contribution in [0.5, 0.6) is 0 Å². The maximum Gasteiger partial charge on any atom is 0.243 e. The zero-order chi connectivity index (χ0) is 16.3. The Morgan fingerprint density at radius 1 is 1.39 bits per heavy atom. The van der Waals surface area contributed by atoms with Crippen LogP contribution in [-0.4, -0.2) is 16.9 Å². The van der Waals surface area contributed by atoms with Crippen LogP contribution < -0.4 is 11.1 Å². The number of hydrogen-bond acceptors (Lipinski definition) is 4. The second kappa shape index (κ2) is 8.38. The largest absolute Gasteiger partial charge is 0.320 e. The van der Waals surface area contributed by atoms with E-state index in [4.69, 9.17) is 5.73 Å². The van der Waals surface area contributed by atoms with E-state index in [2.05, 4.69) is 10.3 Å². The summed E-state index contributed by atoms with van der Waals surface area (Å²) in [4.78, 5) is 17.2. The first-order valence-corrected chi connectivity index (χ1v) is 7.96. The number of carbonyl (C=O) groups excluding carboxylic acids is 1. The fraction of sp³-hybridized carbons (Fsp3) is 0.375. The lowest BCUT2D eigenvalue weighted by Crippen LogP contribution is -2.39. The van der Waals surface area contributed by atoms with Crippen LogP contribution >= 0.6 is 23.7 Å². The van der Waals surface area contributed by atoms with E-state index in [1.807, 2.05) is 20.8 Å². The number of nitrogens with one attached hydrogen (secondary N) is 1. The Labute approximate surface area is 145 Å². The van der Waals surface area contributed by atoms with Gasteiger partial charge in [-0.25, -0.2) is 9.37 Å². The third-order valence-corrected chi connectivity index (χ3v) is 4.53. The highest BCUT2D eigenvalue weighted by atomic mass is 35.5. The van der Waals surface area contributed by atoms with E-state index in [1.54, 1.807) is 18.2 Å². The maximum atomic E-state index is 13.7. The average molecular weight is 358 g/mol. The van der Waals surface area contributed by atoms with Crippen molar-refractivity contribution in [3.8, 4) is 0 Å². The van der Waals surface area contributed by atoms with Gasteiger partial charge in [0.05, 0.1) is 11.7 Å². The maximum absolute atomic E-state index is 13.7. The summed E-state index contributed by atoms with van der Waals surface area (Å²) >= 11 is 1.36. The molecule has 4 nitrogen and oxygen atoms in total. The first kappa shape index (κ1) is 19.5. The molecule has 2 aromatic rings. The predicted molar refractivity (Wildman–Crippen MR) is 94.7 cm³/mol. The van der Waals surface area contributed by atoms with Crippen molar-refractivity contribution in [1.29, 1.82) is 0 Å². The number of benzene rings is 1. The quantitative estimate of drug-likeness (QED) is 0.860. The van der Waals surface area contributed by atoms with Gasteiger partial charge in [-0.2, -0.15) is 0 Å². The number of carbonyl (C=O) groups is 1. The van der Waals surface area contributed by atoms with E-state index in [9.17, 15) is 9.18 Å². The summed E-state index contributed by atoms with van der Waals surface area (Å²) in [6.07, 6.45) is 0.461. The van der Waals surface area contributed by atoms with Gasteiger partial charge in [-0.05, 0) is 24.5 Å². The van der Waals surface area contributed by atoms with Crippen LogP contribution in [0.3, 0.4) is 0 Å². The lowest BCUT2D eigenvalue weighted by molar-refractivity contribution is -0.118. The molecule has 0 saturated carbocycles. The molecule has 1 aromatic carbocycles. The number of hydrogen-bond donors (Lipinski definition) is 2. The number of nitrogens with zero attached hydrogens (tertiary/aromatic N) is 1. The van der Waals surface area contributed by atoms with Gasteiger partial charge in [0.25, 0.3) is 0 Å². The second-order valence-electron chi connectivity index (χ2n) is 5.55. The lowest BCUT2D eigenvalue weighted by Gasteiger charge is -2.13. The van der Waals surface area contributed by atoms with Crippen molar-refractivity contribution < 1.29 is 9.18 Å². The minimum absolute atomic E-state index is 0. The molecule has 0 aliphatic carbocycles. The topological polar surface area (TPSA) is 68.0 Å². The average Bonchev–Trinajstić information content (AvgIpc) is 2.80. The lowest BCUT2D eigenvalue weighted by atomic mass is 10.1. The van der Waals surface area contributed by atoms with Gasteiger partial charge < -0.3 is 11.1 Å². The normalized spacial score (nSPS) is 11.9. The van der Waals surface area contributed by atoms with E-state index >= 15 is 0 Å². The van der Waals surface area contributed by atoms with Crippen molar-refractivity contribution in [2.75, 3.05) is 5.32 Å². The highest BCUT2D eigenvalue weighted by Crippen LogP contribution is 2.26. The summed E-state index contributed by atoms with van der Waals surface area (Å²) in [5.41, 5.74) is 7.22. The molecule has 23 heavy (non-hydrogen) atoms. The molecule has 0 spiro atoms. The fourth-order valence-corrected chi connectivity index (χ4v) is 2.94. The first-order valence-electron chi connectivity index (χ1n) is 7.14. The van der Waals surface area contributed by atoms with Crippen molar-refractivity contribution in [3.05, 3.63) is 46.2 Å². The van der Waals surface area contributed by atoms with Gasteiger partial charge >= 0.3 is 0 Å². The predicted octanol–water partition coefficient (Wildman–Crippen LogP) is 3.53. The molecule has 2 rings (SSSR count). The Morgan fingerprint density at radius 3 is 2.65 bits per heavy atom. The molecule has 0 aliphatic rings. The van der Waals surface area contributed by atoms with E-state index < -0.39 is 6.04 Å². The molecule has 0 saturated heterocycles. The minimum atomic E-state index is -0.570. The van der Waals surface area contributed by atoms with Crippen molar-refractivity contribution in [3.63, 3.8) is 0 Å². The zero-order valence-electron chi connectivity index (χ0n) is 13.3. The smallest absolute Gasteiger partial charge is 0.243 e. The number of amides is 1. The molecule has 1 amide bonds. The van der Waals surface area contributed by atoms with E-state index in [1.165, 1.54) is 17.4 Å². The molecule has 0 unspecified atom stereocenters. The van der Waals surface area contributed by atoms with Gasteiger partial charge in [0.2, 0.25) is 5.91 Å².